The van der Waals surface area contributed by atoms with Crippen molar-refractivity contribution >= 4 is 17.3 Å². The monoisotopic (exact) mass is 296 g/mol. The zero-order valence-electron chi connectivity index (χ0n) is 10.6. The van der Waals surface area contributed by atoms with E-state index in [0.717, 1.165) is 6.07 Å². The van der Waals surface area contributed by atoms with Crippen molar-refractivity contribution in [1.29, 1.82) is 0 Å². The smallest absolute Gasteiger partial charge is 0.387 e. The predicted molar refractivity (Wildman–Crippen MR) is 71.8 cm³/mol. The van der Waals surface area contributed by atoms with Crippen LogP contribution in [0.25, 0.3) is 0 Å². The van der Waals surface area contributed by atoms with Crippen molar-refractivity contribution in [3.63, 3.8) is 0 Å². The number of benzene rings is 2. The number of nitrogen functional groups attached to an aromatic ring is 1. The Hall–Kier alpha value is -2.70. The van der Waals surface area contributed by atoms with E-state index in [1.54, 1.807) is 0 Å². The van der Waals surface area contributed by atoms with Crippen molar-refractivity contribution in [3.05, 3.63) is 53.8 Å². The molecule has 0 saturated carbocycles. The Bertz CT molecular complexity index is 662. The molecule has 0 bridgehead atoms. The van der Waals surface area contributed by atoms with Crippen LogP contribution in [-0.2, 0) is 0 Å². The van der Waals surface area contributed by atoms with Crippen LogP contribution in [0.15, 0.2) is 42.5 Å². The standard InChI is InChI=1S/C14H11F3N2O2/c15-9-5-3-4-8(12(9)18)13(20)19-10-6-1-2-7-11(10)21-14(16)17/h1-7,14H,18H2,(H,19,20). The predicted octanol–water partition coefficient (Wildman–Crippen LogP) is 3.26. The number of rotatable bonds is 4. The summed E-state index contributed by atoms with van der Waals surface area (Å²) in [7, 11) is 0. The molecule has 0 aliphatic heterocycles. The van der Waals surface area contributed by atoms with Crippen LogP contribution in [0.4, 0.5) is 24.5 Å². The molecule has 0 aliphatic carbocycles. The maximum absolute atomic E-state index is 13.3. The lowest BCUT2D eigenvalue weighted by Gasteiger charge is -2.12. The van der Waals surface area contributed by atoms with Crippen LogP contribution in [0.5, 0.6) is 5.75 Å². The van der Waals surface area contributed by atoms with E-state index in [9.17, 15) is 18.0 Å². The van der Waals surface area contributed by atoms with E-state index < -0.39 is 18.3 Å². The topological polar surface area (TPSA) is 64.4 Å². The highest BCUT2D eigenvalue weighted by Gasteiger charge is 2.15. The summed E-state index contributed by atoms with van der Waals surface area (Å²) in [6, 6.07) is 9.42. The van der Waals surface area contributed by atoms with E-state index in [-0.39, 0.29) is 22.7 Å². The zero-order chi connectivity index (χ0) is 15.4. The van der Waals surface area contributed by atoms with Gasteiger partial charge in [0, 0.05) is 0 Å². The van der Waals surface area contributed by atoms with Gasteiger partial charge in [-0.15, -0.1) is 0 Å². The average molecular weight is 296 g/mol. The summed E-state index contributed by atoms with van der Waals surface area (Å²) in [5, 5.41) is 2.36. The van der Waals surface area contributed by atoms with Crippen LogP contribution < -0.4 is 15.8 Å². The lowest BCUT2D eigenvalue weighted by molar-refractivity contribution is -0.0493. The molecule has 2 aromatic carbocycles. The molecule has 3 N–H and O–H groups in total. The van der Waals surface area contributed by atoms with Crippen molar-refractivity contribution in [2.24, 2.45) is 0 Å². The van der Waals surface area contributed by atoms with Crippen LogP contribution in [0, 0.1) is 5.82 Å². The number of amides is 1. The molecule has 0 saturated heterocycles. The first-order chi connectivity index (χ1) is 9.99. The SMILES string of the molecule is Nc1c(F)cccc1C(=O)Nc1ccccc1OC(F)F. The Morgan fingerprint density at radius 1 is 1.14 bits per heavy atom. The van der Waals surface area contributed by atoms with Crippen molar-refractivity contribution in [3.8, 4) is 5.75 Å². The fraction of sp³-hybridized carbons (Fsp3) is 0.0714. The third kappa shape index (κ3) is 3.44. The fourth-order valence-corrected chi connectivity index (χ4v) is 1.69. The number of para-hydroxylation sites is 3. The summed E-state index contributed by atoms with van der Waals surface area (Å²) in [6.07, 6.45) is 0. The van der Waals surface area contributed by atoms with Gasteiger partial charge in [0.1, 0.15) is 11.6 Å². The van der Waals surface area contributed by atoms with Crippen LogP contribution in [-0.4, -0.2) is 12.5 Å². The molecule has 0 spiro atoms. The van der Waals surface area contributed by atoms with Gasteiger partial charge in [0.05, 0.1) is 16.9 Å². The molecule has 21 heavy (non-hydrogen) atoms. The summed E-state index contributed by atoms with van der Waals surface area (Å²) in [4.78, 5) is 12.0. The Labute approximate surface area is 118 Å². The maximum atomic E-state index is 13.3. The number of nitrogens with one attached hydrogen (secondary N) is 1. The van der Waals surface area contributed by atoms with Gasteiger partial charge >= 0.3 is 6.61 Å². The van der Waals surface area contributed by atoms with Gasteiger partial charge in [0.2, 0.25) is 0 Å². The number of anilines is 2. The first-order valence-electron chi connectivity index (χ1n) is 5.88. The van der Waals surface area contributed by atoms with Crippen LogP contribution in [0.1, 0.15) is 10.4 Å². The largest absolute Gasteiger partial charge is 0.433 e. The van der Waals surface area contributed by atoms with Crippen molar-refractivity contribution in [1.82, 2.24) is 0 Å². The number of hydrogen-bond donors (Lipinski definition) is 2. The number of carbonyl (C=O) groups is 1. The summed E-state index contributed by atoms with van der Waals surface area (Å²) in [5.41, 5.74) is 5.09. The van der Waals surface area contributed by atoms with Crippen molar-refractivity contribution in [2.45, 2.75) is 6.61 Å². The van der Waals surface area contributed by atoms with E-state index in [4.69, 9.17) is 5.73 Å². The summed E-state index contributed by atoms with van der Waals surface area (Å²) in [5.74, 6) is -1.66. The van der Waals surface area contributed by atoms with Crippen molar-refractivity contribution in [2.75, 3.05) is 11.1 Å². The first kappa shape index (κ1) is 14.7. The molecule has 4 nitrogen and oxygen atoms in total. The normalized spacial score (nSPS) is 10.5. The van der Waals surface area contributed by atoms with Gasteiger partial charge in [-0.3, -0.25) is 4.79 Å². The second-order valence-corrected chi connectivity index (χ2v) is 4.03. The molecular weight excluding hydrogens is 285 g/mol. The molecule has 1 amide bonds. The van der Waals surface area contributed by atoms with Crippen LogP contribution in [0.2, 0.25) is 0 Å². The van der Waals surface area contributed by atoms with Gasteiger partial charge in [0.15, 0.2) is 0 Å². The number of carbonyl (C=O) groups excluding carboxylic acids is 1. The first-order valence-corrected chi connectivity index (χ1v) is 5.88. The minimum Gasteiger partial charge on any atom is -0.433 e. The lowest BCUT2D eigenvalue weighted by atomic mass is 10.1. The highest BCUT2D eigenvalue weighted by atomic mass is 19.3. The Morgan fingerprint density at radius 2 is 1.86 bits per heavy atom. The maximum Gasteiger partial charge on any atom is 0.387 e. The van der Waals surface area contributed by atoms with Crippen molar-refractivity contribution < 1.29 is 22.7 Å². The Balaban J connectivity index is 2.26. The minimum atomic E-state index is -3.03. The minimum absolute atomic E-state index is 0.0338. The Kier molecular flexibility index (Phi) is 4.32. The number of nitrogens with two attached hydrogens (primary N) is 1. The fourth-order valence-electron chi connectivity index (χ4n) is 1.69. The van der Waals surface area contributed by atoms with Gasteiger partial charge in [0.25, 0.3) is 5.91 Å². The summed E-state index contributed by atoms with van der Waals surface area (Å²) >= 11 is 0. The quantitative estimate of drug-likeness (QED) is 0.851. The molecular formula is C14H11F3N2O2. The van der Waals surface area contributed by atoms with E-state index in [2.05, 4.69) is 10.1 Å². The average Bonchev–Trinajstić information content (AvgIpc) is 2.43. The van der Waals surface area contributed by atoms with Crippen LogP contribution in [0.3, 0.4) is 0 Å². The highest BCUT2D eigenvalue weighted by Crippen LogP contribution is 2.26. The van der Waals surface area contributed by atoms with Gasteiger partial charge in [-0.1, -0.05) is 18.2 Å². The molecule has 0 aliphatic rings. The van der Waals surface area contributed by atoms with E-state index in [1.165, 1.54) is 36.4 Å². The molecule has 7 heteroatoms. The van der Waals surface area contributed by atoms with Crippen LogP contribution >= 0.6 is 0 Å². The summed E-state index contributed by atoms with van der Waals surface area (Å²) in [6.45, 7) is -3.03. The molecule has 0 heterocycles. The number of alkyl halides is 2. The second-order valence-electron chi connectivity index (χ2n) is 4.03. The van der Waals surface area contributed by atoms with E-state index in [1.807, 2.05) is 0 Å². The molecule has 0 aromatic heterocycles. The molecule has 2 aromatic rings. The second kappa shape index (κ2) is 6.17. The molecule has 110 valence electrons. The third-order valence-corrected chi connectivity index (χ3v) is 2.65. The molecule has 0 atom stereocenters. The van der Waals surface area contributed by atoms with Gasteiger partial charge in [-0.25, -0.2) is 4.39 Å². The number of halogens is 3. The Morgan fingerprint density at radius 3 is 2.57 bits per heavy atom. The molecule has 0 unspecified atom stereocenters. The van der Waals surface area contributed by atoms with Gasteiger partial charge in [-0.05, 0) is 24.3 Å². The summed E-state index contributed by atoms with van der Waals surface area (Å²) < 4.78 is 42.1. The highest BCUT2D eigenvalue weighted by molar-refractivity contribution is 6.08. The molecule has 0 fully saturated rings. The number of ether oxygens (including phenoxy) is 1. The van der Waals surface area contributed by atoms with Gasteiger partial charge in [-0.2, -0.15) is 8.78 Å². The zero-order valence-corrected chi connectivity index (χ0v) is 10.6. The third-order valence-electron chi connectivity index (χ3n) is 2.65. The van der Waals surface area contributed by atoms with E-state index >= 15 is 0 Å². The number of hydrogen-bond acceptors (Lipinski definition) is 3. The molecule has 2 rings (SSSR count). The lowest BCUT2D eigenvalue weighted by Crippen LogP contribution is -2.16. The molecule has 0 radical (unpaired) electrons. The van der Waals surface area contributed by atoms with Gasteiger partial charge < -0.3 is 15.8 Å². The van der Waals surface area contributed by atoms with E-state index in [0.29, 0.717) is 0 Å².